The van der Waals surface area contributed by atoms with Gasteiger partial charge in [-0.05, 0) is 33.4 Å². The summed E-state index contributed by atoms with van der Waals surface area (Å²) in [7, 11) is 0. The van der Waals surface area contributed by atoms with Crippen molar-refractivity contribution >= 4 is 24.0 Å². The van der Waals surface area contributed by atoms with Crippen LogP contribution in [0.4, 0.5) is 0 Å². The average molecular weight is 474 g/mol. The highest BCUT2D eigenvalue weighted by atomic mass is 16.4. The van der Waals surface area contributed by atoms with E-state index in [-0.39, 0.29) is 18.9 Å². The molecule has 1 aliphatic heterocycles. The lowest BCUT2D eigenvalue weighted by Crippen LogP contribution is -2.50. The van der Waals surface area contributed by atoms with Crippen LogP contribution in [0.15, 0.2) is 109 Å². The number of hydrogen-bond acceptors (Lipinski definition) is 2. The number of carboxylic acids is 1. The number of hydrogen-bond donors (Lipinski definition) is 1. The minimum atomic E-state index is -0.990. The SMILES string of the molecule is O=C(O)C1Cc2c(/C=C/c3ccccc3)cccc2CN1C(=O)C(c1ccccc1)c1ccccc1. The predicted molar refractivity (Wildman–Crippen MR) is 142 cm³/mol. The number of nitrogens with zero attached hydrogens (tertiary/aromatic N) is 1. The zero-order chi connectivity index (χ0) is 24.9. The fourth-order valence-corrected chi connectivity index (χ4v) is 4.94. The van der Waals surface area contributed by atoms with Crippen molar-refractivity contribution in [3.05, 3.63) is 143 Å². The molecule has 0 spiro atoms. The molecule has 4 heteroatoms. The van der Waals surface area contributed by atoms with Gasteiger partial charge >= 0.3 is 5.97 Å². The van der Waals surface area contributed by atoms with Crippen molar-refractivity contribution in [2.45, 2.75) is 24.9 Å². The molecule has 4 aromatic carbocycles. The lowest BCUT2D eigenvalue weighted by atomic mass is 9.86. The molecule has 0 aromatic heterocycles. The van der Waals surface area contributed by atoms with E-state index in [1.165, 1.54) is 0 Å². The normalized spacial score (nSPS) is 15.1. The minimum Gasteiger partial charge on any atom is -0.480 e. The Balaban J connectivity index is 1.51. The van der Waals surface area contributed by atoms with Gasteiger partial charge in [0.05, 0.1) is 5.92 Å². The van der Waals surface area contributed by atoms with Crippen LogP contribution in [0.5, 0.6) is 0 Å². The Morgan fingerprint density at radius 2 is 1.33 bits per heavy atom. The first-order chi connectivity index (χ1) is 17.6. The molecule has 1 aliphatic rings. The Morgan fingerprint density at radius 1 is 0.750 bits per heavy atom. The Kier molecular flexibility index (Phi) is 6.76. The van der Waals surface area contributed by atoms with Crippen molar-refractivity contribution in [2.24, 2.45) is 0 Å². The fraction of sp³-hybridized carbons (Fsp3) is 0.125. The summed E-state index contributed by atoms with van der Waals surface area (Å²) in [5, 5.41) is 10.2. The molecule has 4 aromatic rings. The maximum absolute atomic E-state index is 14.1. The number of rotatable bonds is 6. The molecule has 178 valence electrons. The smallest absolute Gasteiger partial charge is 0.326 e. The van der Waals surface area contributed by atoms with E-state index in [4.69, 9.17) is 0 Å². The van der Waals surface area contributed by atoms with E-state index in [1.807, 2.05) is 121 Å². The van der Waals surface area contributed by atoms with Crippen LogP contribution in [-0.4, -0.2) is 27.9 Å². The molecule has 0 radical (unpaired) electrons. The van der Waals surface area contributed by atoms with Crippen LogP contribution >= 0.6 is 0 Å². The molecule has 1 amide bonds. The number of aliphatic carboxylic acids is 1. The van der Waals surface area contributed by atoms with Gasteiger partial charge in [0.25, 0.3) is 0 Å². The summed E-state index contributed by atoms with van der Waals surface area (Å²) in [5.74, 6) is -1.76. The fourth-order valence-electron chi connectivity index (χ4n) is 4.94. The second-order valence-electron chi connectivity index (χ2n) is 9.01. The highest BCUT2D eigenvalue weighted by Gasteiger charge is 2.38. The van der Waals surface area contributed by atoms with Crippen molar-refractivity contribution in [3.8, 4) is 0 Å². The van der Waals surface area contributed by atoms with E-state index in [1.54, 1.807) is 4.90 Å². The first kappa shape index (κ1) is 23.3. The second kappa shape index (κ2) is 10.4. The molecular formula is C32H27NO3. The van der Waals surface area contributed by atoms with E-state index in [9.17, 15) is 14.7 Å². The molecule has 0 fully saturated rings. The molecule has 1 unspecified atom stereocenters. The third kappa shape index (κ3) is 4.84. The van der Waals surface area contributed by atoms with Crippen LogP contribution in [0.3, 0.4) is 0 Å². The maximum Gasteiger partial charge on any atom is 0.326 e. The Bertz CT molecular complexity index is 1340. The first-order valence-electron chi connectivity index (χ1n) is 12.1. The lowest BCUT2D eigenvalue weighted by Gasteiger charge is -2.37. The van der Waals surface area contributed by atoms with Gasteiger partial charge in [-0.2, -0.15) is 0 Å². The van der Waals surface area contributed by atoms with E-state index >= 15 is 0 Å². The van der Waals surface area contributed by atoms with Crippen LogP contribution in [0, 0.1) is 0 Å². The monoisotopic (exact) mass is 473 g/mol. The molecule has 4 nitrogen and oxygen atoms in total. The summed E-state index contributed by atoms with van der Waals surface area (Å²) in [6.07, 6.45) is 4.33. The third-order valence-corrected chi connectivity index (χ3v) is 6.76. The number of fused-ring (bicyclic) bond motifs is 1. The zero-order valence-corrected chi connectivity index (χ0v) is 19.8. The van der Waals surface area contributed by atoms with Crippen LogP contribution in [-0.2, 0) is 22.6 Å². The Hall–Kier alpha value is -4.44. The van der Waals surface area contributed by atoms with Crippen LogP contribution < -0.4 is 0 Å². The zero-order valence-electron chi connectivity index (χ0n) is 19.8. The van der Waals surface area contributed by atoms with Crippen LogP contribution in [0.1, 0.15) is 39.3 Å². The van der Waals surface area contributed by atoms with E-state index in [2.05, 4.69) is 0 Å². The topological polar surface area (TPSA) is 57.6 Å². The summed E-state index contributed by atoms with van der Waals surface area (Å²) in [5.41, 5.74) is 5.72. The van der Waals surface area contributed by atoms with Gasteiger partial charge in [0.2, 0.25) is 5.91 Å². The minimum absolute atomic E-state index is 0.198. The molecule has 0 bridgehead atoms. The van der Waals surface area contributed by atoms with Crippen molar-refractivity contribution in [1.29, 1.82) is 0 Å². The number of carbonyl (C=O) groups excluding carboxylic acids is 1. The molecule has 0 saturated heterocycles. The van der Waals surface area contributed by atoms with Gasteiger partial charge in [0.1, 0.15) is 6.04 Å². The molecule has 0 aliphatic carbocycles. The van der Waals surface area contributed by atoms with Gasteiger partial charge in [-0.1, -0.05) is 121 Å². The van der Waals surface area contributed by atoms with E-state index in [0.29, 0.717) is 0 Å². The molecule has 1 N–H and O–H groups in total. The summed E-state index contributed by atoms with van der Waals surface area (Å²) in [6.45, 7) is 0.258. The average Bonchev–Trinajstić information content (AvgIpc) is 2.93. The molecule has 0 saturated carbocycles. The quantitative estimate of drug-likeness (QED) is 0.348. The number of carbonyl (C=O) groups is 2. The summed E-state index contributed by atoms with van der Waals surface area (Å²) >= 11 is 0. The molecule has 1 heterocycles. The van der Waals surface area contributed by atoms with Gasteiger partial charge < -0.3 is 10.0 Å². The standard InChI is InChI=1S/C32H27NO3/c34-31(30(25-13-6-2-7-14-25)26-15-8-3-9-16-26)33-22-27-18-10-17-24(28(27)21-29(33)32(35)36)20-19-23-11-4-1-5-12-23/h1-20,29-30H,21-22H2,(H,35,36)/b20-19+. The van der Waals surface area contributed by atoms with Crippen molar-refractivity contribution in [2.75, 3.05) is 0 Å². The number of carboxylic acid groups (broad SMARTS) is 1. The van der Waals surface area contributed by atoms with Crippen molar-refractivity contribution in [1.82, 2.24) is 4.90 Å². The van der Waals surface area contributed by atoms with Gasteiger partial charge in [-0.3, -0.25) is 4.79 Å². The Morgan fingerprint density at radius 3 is 1.92 bits per heavy atom. The highest BCUT2D eigenvalue weighted by Crippen LogP contribution is 2.33. The first-order valence-corrected chi connectivity index (χ1v) is 12.1. The summed E-state index contributed by atoms with van der Waals surface area (Å²) < 4.78 is 0. The van der Waals surface area contributed by atoms with Crippen LogP contribution in [0.2, 0.25) is 0 Å². The van der Waals surface area contributed by atoms with E-state index in [0.717, 1.165) is 33.4 Å². The molecule has 36 heavy (non-hydrogen) atoms. The highest BCUT2D eigenvalue weighted by molar-refractivity contribution is 5.91. The second-order valence-corrected chi connectivity index (χ2v) is 9.01. The lowest BCUT2D eigenvalue weighted by molar-refractivity contribution is -0.151. The van der Waals surface area contributed by atoms with Gasteiger partial charge in [0, 0.05) is 13.0 Å². The number of amides is 1. The largest absolute Gasteiger partial charge is 0.480 e. The van der Waals surface area contributed by atoms with Crippen LogP contribution in [0.25, 0.3) is 12.2 Å². The number of benzene rings is 4. The van der Waals surface area contributed by atoms with Gasteiger partial charge in [-0.15, -0.1) is 0 Å². The van der Waals surface area contributed by atoms with Gasteiger partial charge in [0.15, 0.2) is 0 Å². The Labute approximate surface area is 211 Å². The third-order valence-electron chi connectivity index (χ3n) is 6.76. The predicted octanol–water partition coefficient (Wildman–Crippen LogP) is 6.03. The van der Waals surface area contributed by atoms with E-state index < -0.39 is 17.9 Å². The summed E-state index contributed by atoms with van der Waals surface area (Å²) in [4.78, 5) is 28.1. The van der Waals surface area contributed by atoms with Crippen molar-refractivity contribution < 1.29 is 14.7 Å². The molecule has 1 atom stereocenters. The maximum atomic E-state index is 14.1. The molecular weight excluding hydrogens is 446 g/mol. The summed E-state index contributed by atoms with van der Waals surface area (Å²) in [6, 6.07) is 34.2. The molecule has 5 rings (SSSR count). The van der Waals surface area contributed by atoms with Gasteiger partial charge in [-0.25, -0.2) is 4.79 Å². The van der Waals surface area contributed by atoms with Crippen molar-refractivity contribution in [3.63, 3.8) is 0 Å².